The molecule has 0 N–H and O–H groups in total. The van der Waals surface area contributed by atoms with Crippen LogP contribution in [0, 0.1) is 5.92 Å². The lowest BCUT2D eigenvalue weighted by Crippen LogP contribution is -2.36. The van der Waals surface area contributed by atoms with Crippen LogP contribution in [0.4, 0.5) is 0 Å². The molecular formula is C13H9BrO2. The molecule has 0 amide bonds. The van der Waals surface area contributed by atoms with E-state index in [-0.39, 0.29) is 17.8 Å². The highest BCUT2D eigenvalue weighted by molar-refractivity contribution is 9.10. The lowest BCUT2D eigenvalue weighted by molar-refractivity contribution is 0.0806. The van der Waals surface area contributed by atoms with E-state index in [0.717, 1.165) is 4.47 Å². The molecule has 2 nitrogen and oxygen atoms in total. The number of hydrogen-bond acceptors (Lipinski definition) is 2. The summed E-state index contributed by atoms with van der Waals surface area (Å²) in [6, 6.07) is 5.54. The predicted octanol–water partition coefficient (Wildman–Crippen LogP) is 3.14. The molecule has 3 heteroatoms. The average Bonchev–Trinajstić information content (AvgIpc) is 2.31. The molecule has 0 saturated carbocycles. The zero-order chi connectivity index (χ0) is 11.1. The summed E-state index contributed by atoms with van der Waals surface area (Å²) in [5.74, 6) is 0.634. The van der Waals surface area contributed by atoms with Crippen LogP contribution in [-0.4, -0.2) is 11.9 Å². The van der Waals surface area contributed by atoms with E-state index in [1.54, 1.807) is 0 Å². The summed E-state index contributed by atoms with van der Waals surface area (Å²) < 4.78 is 6.68. The maximum Gasteiger partial charge on any atom is 0.177 e. The van der Waals surface area contributed by atoms with Gasteiger partial charge < -0.3 is 4.74 Å². The molecule has 16 heavy (non-hydrogen) atoms. The maximum absolute atomic E-state index is 12.2. The Bertz CT molecular complexity index is 517. The van der Waals surface area contributed by atoms with Crippen molar-refractivity contribution in [3.05, 3.63) is 52.5 Å². The quantitative estimate of drug-likeness (QED) is 0.728. The molecule has 1 aromatic carbocycles. The van der Waals surface area contributed by atoms with Gasteiger partial charge in [-0.15, -0.1) is 0 Å². The topological polar surface area (TPSA) is 26.3 Å². The first kappa shape index (κ1) is 9.85. The minimum Gasteiger partial charge on any atom is -0.484 e. The molecule has 2 aliphatic rings. The summed E-state index contributed by atoms with van der Waals surface area (Å²) in [4.78, 5) is 12.2. The van der Waals surface area contributed by atoms with Gasteiger partial charge in [-0.05, 0) is 24.3 Å². The number of ketones is 1. The third-order valence-corrected chi connectivity index (χ3v) is 3.35. The van der Waals surface area contributed by atoms with Crippen LogP contribution in [0.15, 0.2) is 47.0 Å². The molecule has 2 unspecified atom stereocenters. The molecule has 1 heterocycles. The summed E-state index contributed by atoms with van der Waals surface area (Å²) in [7, 11) is 0. The summed E-state index contributed by atoms with van der Waals surface area (Å²) >= 11 is 3.37. The minimum absolute atomic E-state index is 0.133. The number of hydrogen-bond donors (Lipinski definition) is 0. The molecule has 0 spiro atoms. The van der Waals surface area contributed by atoms with E-state index < -0.39 is 0 Å². The minimum atomic E-state index is -0.174. The third-order valence-electron chi connectivity index (χ3n) is 2.86. The van der Waals surface area contributed by atoms with Gasteiger partial charge in [0.15, 0.2) is 5.78 Å². The first-order valence-electron chi connectivity index (χ1n) is 5.11. The van der Waals surface area contributed by atoms with Crippen molar-refractivity contribution in [3.8, 4) is 5.75 Å². The van der Waals surface area contributed by atoms with Crippen molar-refractivity contribution in [3.63, 3.8) is 0 Å². The Morgan fingerprint density at radius 3 is 2.88 bits per heavy atom. The number of carbonyl (C=O) groups is 1. The Kier molecular flexibility index (Phi) is 2.21. The van der Waals surface area contributed by atoms with Crippen LogP contribution in [0.2, 0.25) is 0 Å². The second kappa shape index (κ2) is 3.59. The van der Waals surface area contributed by atoms with Crippen LogP contribution in [0.25, 0.3) is 0 Å². The Hall–Kier alpha value is -1.35. The van der Waals surface area contributed by atoms with Crippen LogP contribution in [0.5, 0.6) is 5.75 Å². The molecule has 0 bridgehead atoms. The largest absolute Gasteiger partial charge is 0.484 e. The van der Waals surface area contributed by atoms with Crippen molar-refractivity contribution in [2.75, 3.05) is 0 Å². The number of benzene rings is 1. The van der Waals surface area contributed by atoms with E-state index in [4.69, 9.17) is 4.74 Å². The lowest BCUT2D eigenvalue weighted by Gasteiger charge is -2.30. The smallest absolute Gasteiger partial charge is 0.177 e. The van der Waals surface area contributed by atoms with Crippen LogP contribution < -0.4 is 4.74 Å². The number of Topliss-reactive ketones (excluding diaryl/α,β-unsaturated/α-hetero) is 1. The SMILES string of the molecule is O=C1c2cc(Br)ccc2OC2C=CC=CC12. The van der Waals surface area contributed by atoms with Gasteiger partial charge >= 0.3 is 0 Å². The van der Waals surface area contributed by atoms with Gasteiger partial charge in [0, 0.05) is 4.47 Å². The molecule has 2 atom stereocenters. The van der Waals surface area contributed by atoms with E-state index in [0.29, 0.717) is 11.3 Å². The maximum atomic E-state index is 12.2. The van der Waals surface area contributed by atoms with Gasteiger partial charge in [0.2, 0.25) is 0 Å². The highest BCUT2D eigenvalue weighted by atomic mass is 79.9. The normalized spacial score (nSPS) is 25.9. The standard InChI is InChI=1S/C13H9BrO2/c14-8-5-6-12-10(7-8)13(15)9-3-1-2-4-11(9)16-12/h1-7,9,11H. The fraction of sp³-hybridized carbons (Fsp3) is 0.154. The van der Waals surface area contributed by atoms with Crippen LogP contribution in [0.1, 0.15) is 10.4 Å². The fourth-order valence-electron chi connectivity index (χ4n) is 2.06. The van der Waals surface area contributed by atoms with Gasteiger partial charge in [-0.2, -0.15) is 0 Å². The molecule has 1 aromatic rings. The number of rotatable bonds is 0. The van der Waals surface area contributed by atoms with E-state index >= 15 is 0 Å². The monoisotopic (exact) mass is 276 g/mol. The Labute approximate surface area is 102 Å². The highest BCUT2D eigenvalue weighted by Gasteiger charge is 2.34. The molecule has 1 aliphatic carbocycles. The second-order valence-electron chi connectivity index (χ2n) is 3.88. The summed E-state index contributed by atoms with van der Waals surface area (Å²) in [5, 5.41) is 0. The number of ether oxygens (including phenoxy) is 1. The molecule has 0 aromatic heterocycles. The molecule has 1 aliphatic heterocycles. The van der Waals surface area contributed by atoms with E-state index in [9.17, 15) is 4.79 Å². The number of carbonyl (C=O) groups excluding carboxylic acids is 1. The summed E-state index contributed by atoms with van der Waals surface area (Å²) in [6.07, 6.45) is 7.49. The Morgan fingerprint density at radius 1 is 1.19 bits per heavy atom. The van der Waals surface area contributed by atoms with Gasteiger partial charge in [-0.25, -0.2) is 0 Å². The molecular weight excluding hydrogens is 268 g/mol. The summed E-state index contributed by atoms with van der Waals surface area (Å²) in [6.45, 7) is 0. The number of halogens is 1. The first-order chi connectivity index (χ1) is 7.75. The highest BCUT2D eigenvalue weighted by Crippen LogP contribution is 2.34. The summed E-state index contributed by atoms with van der Waals surface area (Å²) in [5.41, 5.74) is 0.663. The predicted molar refractivity (Wildman–Crippen MR) is 64.7 cm³/mol. The van der Waals surface area contributed by atoms with Crippen molar-refractivity contribution >= 4 is 21.7 Å². The number of allylic oxidation sites excluding steroid dienone is 2. The van der Waals surface area contributed by atoms with Crippen molar-refractivity contribution in [2.45, 2.75) is 6.10 Å². The molecule has 0 fully saturated rings. The van der Waals surface area contributed by atoms with Crippen LogP contribution in [0.3, 0.4) is 0 Å². The van der Waals surface area contributed by atoms with Gasteiger partial charge in [0.05, 0.1) is 11.5 Å². The average molecular weight is 277 g/mol. The van der Waals surface area contributed by atoms with Crippen molar-refractivity contribution in [1.82, 2.24) is 0 Å². The fourth-order valence-corrected chi connectivity index (χ4v) is 2.42. The molecule has 0 saturated heterocycles. The second-order valence-corrected chi connectivity index (χ2v) is 4.80. The third kappa shape index (κ3) is 1.43. The van der Waals surface area contributed by atoms with Crippen LogP contribution in [-0.2, 0) is 0 Å². The van der Waals surface area contributed by atoms with Crippen molar-refractivity contribution in [1.29, 1.82) is 0 Å². The van der Waals surface area contributed by atoms with Crippen molar-refractivity contribution < 1.29 is 9.53 Å². The van der Waals surface area contributed by atoms with E-state index in [1.807, 2.05) is 42.5 Å². The van der Waals surface area contributed by atoms with Gasteiger partial charge in [0.25, 0.3) is 0 Å². The Balaban J connectivity index is 2.11. The number of fused-ring (bicyclic) bond motifs is 2. The molecule has 80 valence electrons. The van der Waals surface area contributed by atoms with Crippen molar-refractivity contribution in [2.24, 2.45) is 5.92 Å². The zero-order valence-electron chi connectivity index (χ0n) is 8.39. The zero-order valence-corrected chi connectivity index (χ0v) is 9.98. The molecule has 0 radical (unpaired) electrons. The van der Waals surface area contributed by atoms with Gasteiger partial charge in [-0.3, -0.25) is 4.79 Å². The van der Waals surface area contributed by atoms with E-state index in [1.165, 1.54) is 0 Å². The van der Waals surface area contributed by atoms with Gasteiger partial charge in [-0.1, -0.05) is 34.2 Å². The molecule has 3 rings (SSSR count). The Morgan fingerprint density at radius 2 is 2.00 bits per heavy atom. The van der Waals surface area contributed by atoms with Gasteiger partial charge in [0.1, 0.15) is 11.9 Å². The van der Waals surface area contributed by atoms with Crippen LogP contribution >= 0.6 is 15.9 Å². The first-order valence-corrected chi connectivity index (χ1v) is 5.90. The lowest BCUT2D eigenvalue weighted by atomic mass is 9.87. The van der Waals surface area contributed by atoms with E-state index in [2.05, 4.69) is 15.9 Å².